The fraction of sp³-hybridized carbons (Fsp3) is 0.111. The highest BCUT2D eigenvalue weighted by Gasteiger charge is 2.28. The van der Waals surface area contributed by atoms with Crippen molar-refractivity contribution in [2.24, 2.45) is 0 Å². The molecule has 1 amide bonds. The first kappa shape index (κ1) is 13.9. The van der Waals surface area contributed by atoms with Crippen LogP contribution in [-0.2, 0) is 0 Å². The van der Waals surface area contributed by atoms with Crippen LogP contribution in [0, 0.1) is 11.3 Å². The SMILES string of the molecule is COc1ccc(C(=O)N2C=Cc3ccccc3[C@@H]2C#N)cc1. The lowest BCUT2D eigenvalue weighted by molar-refractivity contribution is 0.0794. The summed E-state index contributed by atoms with van der Waals surface area (Å²) in [6, 6.07) is 16.1. The molecular weight excluding hydrogens is 276 g/mol. The van der Waals surface area contributed by atoms with E-state index in [0.29, 0.717) is 11.3 Å². The molecule has 1 aliphatic heterocycles. The fourth-order valence-corrected chi connectivity index (χ4v) is 2.51. The zero-order chi connectivity index (χ0) is 15.5. The summed E-state index contributed by atoms with van der Waals surface area (Å²) >= 11 is 0. The number of nitriles is 1. The van der Waals surface area contributed by atoms with Crippen molar-refractivity contribution in [2.75, 3.05) is 7.11 Å². The zero-order valence-electron chi connectivity index (χ0n) is 12.1. The third-order valence-corrected chi connectivity index (χ3v) is 3.68. The van der Waals surface area contributed by atoms with Crippen molar-refractivity contribution in [3.8, 4) is 11.8 Å². The monoisotopic (exact) mass is 290 g/mol. The van der Waals surface area contributed by atoms with E-state index in [9.17, 15) is 10.1 Å². The van der Waals surface area contributed by atoms with Gasteiger partial charge < -0.3 is 4.74 Å². The Balaban J connectivity index is 1.94. The number of benzene rings is 2. The molecule has 1 heterocycles. The molecule has 0 radical (unpaired) electrons. The molecule has 0 aliphatic carbocycles. The molecule has 0 saturated carbocycles. The van der Waals surface area contributed by atoms with Crippen molar-refractivity contribution in [2.45, 2.75) is 6.04 Å². The lowest BCUT2D eigenvalue weighted by Crippen LogP contribution is -2.31. The second-order valence-corrected chi connectivity index (χ2v) is 4.92. The van der Waals surface area contributed by atoms with E-state index in [1.165, 1.54) is 4.90 Å². The lowest BCUT2D eigenvalue weighted by atomic mass is 9.96. The molecule has 4 heteroatoms. The molecule has 22 heavy (non-hydrogen) atoms. The van der Waals surface area contributed by atoms with Gasteiger partial charge in [0.1, 0.15) is 11.8 Å². The minimum Gasteiger partial charge on any atom is -0.497 e. The van der Waals surface area contributed by atoms with E-state index in [-0.39, 0.29) is 5.91 Å². The van der Waals surface area contributed by atoms with Crippen LogP contribution in [0.5, 0.6) is 5.75 Å². The number of rotatable bonds is 2. The molecule has 0 N–H and O–H groups in total. The summed E-state index contributed by atoms with van der Waals surface area (Å²) in [5.41, 5.74) is 2.33. The maximum atomic E-state index is 12.7. The van der Waals surface area contributed by atoms with Gasteiger partial charge in [-0.05, 0) is 41.5 Å². The molecule has 0 spiro atoms. The first-order valence-electron chi connectivity index (χ1n) is 6.88. The molecule has 2 aromatic carbocycles. The number of hydrogen-bond donors (Lipinski definition) is 0. The average Bonchev–Trinajstić information content (AvgIpc) is 2.60. The lowest BCUT2D eigenvalue weighted by Gasteiger charge is -2.28. The second kappa shape index (κ2) is 5.74. The van der Waals surface area contributed by atoms with E-state index >= 15 is 0 Å². The van der Waals surface area contributed by atoms with Gasteiger partial charge in [-0.1, -0.05) is 24.3 Å². The summed E-state index contributed by atoms with van der Waals surface area (Å²) in [4.78, 5) is 14.1. The van der Waals surface area contributed by atoms with Crippen molar-refractivity contribution in [3.63, 3.8) is 0 Å². The Bertz CT molecular complexity index is 772. The number of methoxy groups -OCH3 is 1. The Morgan fingerprint density at radius 1 is 1.18 bits per heavy atom. The second-order valence-electron chi connectivity index (χ2n) is 4.92. The van der Waals surface area contributed by atoms with Crippen LogP contribution in [0.25, 0.3) is 6.08 Å². The van der Waals surface area contributed by atoms with Crippen molar-refractivity contribution in [3.05, 3.63) is 71.4 Å². The normalized spacial score (nSPS) is 15.8. The zero-order valence-corrected chi connectivity index (χ0v) is 12.1. The Morgan fingerprint density at radius 3 is 2.59 bits per heavy atom. The number of hydrogen-bond acceptors (Lipinski definition) is 3. The van der Waals surface area contributed by atoms with Crippen molar-refractivity contribution in [1.82, 2.24) is 4.90 Å². The van der Waals surface area contributed by atoms with Crippen molar-refractivity contribution in [1.29, 1.82) is 5.26 Å². The molecule has 108 valence electrons. The Kier molecular flexibility index (Phi) is 3.63. The average molecular weight is 290 g/mol. The number of nitrogens with zero attached hydrogens (tertiary/aromatic N) is 2. The van der Waals surface area contributed by atoms with E-state index < -0.39 is 6.04 Å². The van der Waals surface area contributed by atoms with Gasteiger partial charge in [-0.2, -0.15) is 5.26 Å². The quantitative estimate of drug-likeness (QED) is 0.852. The molecule has 4 nitrogen and oxygen atoms in total. The van der Waals surface area contributed by atoms with Gasteiger partial charge in [0.2, 0.25) is 0 Å². The number of carbonyl (C=O) groups excluding carboxylic acids is 1. The van der Waals surface area contributed by atoms with Gasteiger partial charge in [-0.25, -0.2) is 0 Å². The van der Waals surface area contributed by atoms with Crippen LogP contribution in [0.1, 0.15) is 27.5 Å². The smallest absolute Gasteiger partial charge is 0.259 e. The summed E-state index contributed by atoms with van der Waals surface area (Å²) < 4.78 is 5.09. The third kappa shape index (κ3) is 2.33. The van der Waals surface area contributed by atoms with Crippen LogP contribution in [0.2, 0.25) is 0 Å². The number of amides is 1. The Morgan fingerprint density at radius 2 is 1.91 bits per heavy atom. The van der Waals surface area contributed by atoms with Crippen LogP contribution in [0.3, 0.4) is 0 Å². The summed E-state index contributed by atoms with van der Waals surface area (Å²) in [6.45, 7) is 0. The van der Waals surface area contributed by atoms with E-state index in [1.807, 2.05) is 30.3 Å². The summed E-state index contributed by atoms with van der Waals surface area (Å²) in [5, 5.41) is 9.49. The largest absolute Gasteiger partial charge is 0.497 e. The first-order chi connectivity index (χ1) is 10.7. The molecule has 0 saturated heterocycles. The Labute approximate surface area is 128 Å². The highest BCUT2D eigenvalue weighted by Crippen LogP contribution is 2.31. The Hall–Kier alpha value is -3.06. The maximum absolute atomic E-state index is 12.7. The summed E-state index contributed by atoms with van der Waals surface area (Å²) in [7, 11) is 1.58. The molecule has 0 unspecified atom stereocenters. The minimum absolute atomic E-state index is 0.208. The first-order valence-corrected chi connectivity index (χ1v) is 6.88. The molecule has 0 aromatic heterocycles. The fourth-order valence-electron chi connectivity index (χ4n) is 2.51. The van der Waals surface area contributed by atoms with Gasteiger partial charge in [0.05, 0.1) is 13.2 Å². The molecule has 1 atom stereocenters. The van der Waals surface area contributed by atoms with Crippen LogP contribution >= 0.6 is 0 Å². The topological polar surface area (TPSA) is 53.3 Å². The molecular formula is C18H14N2O2. The predicted molar refractivity (Wildman–Crippen MR) is 83.0 cm³/mol. The molecule has 0 fully saturated rings. The molecule has 1 aliphatic rings. The van der Waals surface area contributed by atoms with Gasteiger partial charge >= 0.3 is 0 Å². The number of ether oxygens (including phenoxy) is 1. The van der Waals surface area contributed by atoms with Gasteiger partial charge in [0.25, 0.3) is 5.91 Å². The van der Waals surface area contributed by atoms with Crippen molar-refractivity contribution >= 4 is 12.0 Å². The van der Waals surface area contributed by atoms with Crippen LogP contribution in [0.4, 0.5) is 0 Å². The molecule has 2 aromatic rings. The predicted octanol–water partition coefficient (Wildman–Crippen LogP) is 3.39. The van der Waals surface area contributed by atoms with E-state index in [0.717, 1.165) is 11.1 Å². The van der Waals surface area contributed by atoms with E-state index in [4.69, 9.17) is 4.74 Å². The minimum atomic E-state index is -0.615. The standard InChI is InChI=1S/C18H14N2O2/c1-22-15-8-6-14(7-9-15)18(21)20-11-10-13-4-2-3-5-16(13)17(20)12-19/h2-11,17H,1H3/t17-/m0/s1. The number of carbonyl (C=O) groups is 1. The van der Waals surface area contributed by atoms with Crippen LogP contribution in [0.15, 0.2) is 54.7 Å². The van der Waals surface area contributed by atoms with Crippen molar-refractivity contribution < 1.29 is 9.53 Å². The molecule has 3 rings (SSSR count). The highest BCUT2D eigenvalue weighted by molar-refractivity contribution is 5.96. The van der Waals surface area contributed by atoms with Gasteiger partial charge in [0, 0.05) is 11.8 Å². The van der Waals surface area contributed by atoms with Gasteiger partial charge in [-0.3, -0.25) is 9.69 Å². The van der Waals surface area contributed by atoms with Gasteiger partial charge in [0.15, 0.2) is 0 Å². The molecule has 0 bridgehead atoms. The number of fused-ring (bicyclic) bond motifs is 1. The van der Waals surface area contributed by atoms with Gasteiger partial charge in [-0.15, -0.1) is 0 Å². The third-order valence-electron chi connectivity index (χ3n) is 3.68. The summed E-state index contributed by atoms with van der Waals surface area (Å²) in [6.07, 6.45) is 3.52. The summed E-state index contributed by atoms with van der Waals surface area (Å²) in [5.74, 6) is 0.480. The van der Waals surface area contributed by atoms with Crippen LogP contribution < -0.4 is 4.74 Å². The highest BCUT2D eigenvalue weighted by atomic mass is 16.5. The van der Waals surface area contributed by atoms with Crippen LogP contribution in [-0.4, -0.2) is 17.9 Å². The maximum Gasteiger partial charge on any atom is 0.259 e. The van der Waals surface area contributed by atoms with E-state index in [2.05, 4.69) is 6.07 Å². The van der Waals surface area contributed by atoms with E-state index in [1.54, 1.807) is 37.6 Å².